The van der Waals surface area contributed by atoms with Gasteiger partial charge in [-0.1, -0.05) is 42.5 Å². The quantitative estimate of drug-likeness (QED) is 0.400. The van der Waals surface area contributed by atoms with Gasteiger partial charge >= 0.3 is 5.97 Å². The van der Waals surface area contributed by atoms with Crippen LogP contribution in [0.3, 0.4) is 0 Å². The summed E-state index contributed by atoms with van der Waals surface area (Å²) in [6.45, 7) is 0. The maximum absolute atomic E-state index is 12.1. The van der Waals surface area contributed by atoms with Crippen LogP contribution in [-0.2, 0) is 25.6 Å². The maximum atomic E-state index is 12.1. The molecule has 0 aliphatic carbocycles. The van der Waals surface area contributed by atoms with Gasteiger partial charge < -0.3 is 9.94 Å². The molecule has 0 aromatic heterocycles. The first-order valence-electron chi connectivity index (χ1n) is 9.98. The van der Waals surface area contributed by atoms with Gasteiger partial charge in [0.05, 0.1) is 0 Å². The minimum atomic E-state index is -0.582. The highest BCUT2D eigenvalue weighted by Crippen LogP contribution is 2.39. The van der Waals surface area contributed by atoms with Gasteiger partial charge in [-0.15, -0.1) is 5.06 Å². The lowest BCUT2D eigenvalue weighted by molar-refractivity contribution is -0.197. The molecule has 0 saturated carbocycles. The van der Waals surface area contributed by atoms with Crippen LogP contribution in [-0.4, -0.2) is 28.0 Å². The molecule has 1 heterocycles. The van der Waals surface area contributed by atoms with E-state index < -0.39 is 17.8 Å². The Bertz CT molecular complexity index is 1310. The molecule has 150 valence electrons. The van der Waals surface area contributed by atoms with Crippen molar-refractivity contribution in [3.05, 3.63) is 54.1 Å². The first-order valence-corrected chi connectivity index (χ1v) is 9.98. The molecule has 1 saturated heterocycles. The van der Waals surface area contributed by atoms with Gasteiger partial charge in [-0.2, -0.15) is 0 Å². The van der Waals surface area contributed by atoms with Crippen LogP contribution in [0, 0.1) is 0 Å². The summed E-state index contributed by atoms with van der Waals surface area (Å²) in [5.41, 5.74) is 1.10. The van der Waals surface area contributed by atoms with Gasteiger partial charge in [0.2, 0.25) is 0 Å². The van der Waals surface area contributed by atoms with Crippen LogP contribution in [0.25, 0.3) is 32.3 Å². The average molecular weight is 401 g/mol. The van der Waals surface area contributed by atoms with Crippen molar-refractivity contribution in [3.8, 4) is 5.75 Å². The fourth-order valence-electron chi connectivity index (χ4n) is 4.29. The Kier molecular flexibility index (Phi) is 4.28. The van der Waals surface area contributed by atoms with E-state index >= 15 is 0 Å². The van der Waals surface area contributed by atoms with Crippen LogP contribution < -0.4 is 0 Å². The molecule has 1 N–H and O–H groups in total. The van der Waals surface area contributed by atoms with E-state index in [4.69, 9.17) is 4.84 Å². The molecule has 6 heteroatoms. The van der Waals surface area contributed by atoms with E-state index in [1.54, 1.807) is 6.07 Å². The van der Waals surface area contributed by atoms with Gasteiger partial charge in [0, 0.05) is 30.0 Å². The number of phenolic OH excluding ortho intramolecular Hbond substituents is 1. The number of hydrogen-bond acceptors (Lipinski definition) is 5. The molecule has 2 amide bonds. The number of aromatic hydroxyl groups is 1. The highest BCUT2D eigenvalue weighted by atomic mass is 16.7. The lowest BCUT2D eigenvalue weighted by atomic mass is 9.90. The molecule has 0 atom stereocenters. The summed E-state index contributed by atoms with van der Waals surface area (Å²) < 4.78 is 0. The zero-order chi connectivity index (χ0) is 20.8. The molecule has 5 rings (SSSR count). The second-order valence-corrected chi connectivity index (χ2v) is 7.63. The minimum Gasteiger partial charge on any atom is -0.507 e. The van der Waals surface area contributed by atoms with Crippen molar-refractivity contribution in [2.24, 2.45) is 0 Å². The van der Waals surface area contributed by atoms with E-state index in [-0.39, 0.29) is 25.0 Å². The Hall–Kier alpha value is -3.67. The van der Waals surface area contributed by atoms with E-state index in [2.05, 4.69) is 18.2 Å². The number of hydroxylamine groups is 2. The molecular formula is C24H19NO5. The fraction of sp³-hybridized carbons (Fsp3) is 0.208. The van der Waals surface area contributed by atoms with Crippen LogP contribution in [0.4, 0.5) is 0 Å². The Balaban J connectivity index is 1.39. The molecule has 1 fully saturated rings. The molecule has 4 aromatic rings. The number of nitrogens with zero attached hydrogens (tertiary/aromatic N) is 1. The zero-order valence-corrected chi connectivity index (χ0v) is 16.2. The van der Waals surface area contributed by atoms with E-state index in [1.807, 2.05) is 24.3 Å². The van der Waals surface area contributed by atoms with E-state index in [9.17, 15) is 19.5 Å². The number of carbonyl (C=O) groups excluding carboxylic acids is 3. The van der Waals surface area contributed by atoms with Crippen molar-refractivity contribution in [1.29, 1.82) is 0 Å². The topological polar surface area (TPSA) is 83.9 Å². The van der Waals surface area contributed by atoms with Crippen LogP contribution in [0.1, 0.15) is 31.2 Å². The second kappa shape index (κ2) is 6.99. The normalized spacial score (nSPS) is 14.5. The van der Waals surface area contributed by atoms with Crippen molar-refractivity contribution in [1.82, 2.24) is 5.06 Å². The predicted octanol–water partition coefficient (Wildman–Crippen LogP) is 4.22. The second-order valence-electron chi connectivity index (χ2n) is 7.63. The van der Waals surface area contributed by atoms with Crippen LogP contribution in [0.5, 0.6) is 5.75 Å². The number of aryl methyl sites for hydroxylation is 1. The summed E-state index contributed by atoms with van der Waals surface area (Å²) in [4.78, 5) is 40.1. The van der Waals surface area contributed by atoms with Crippen molar-refractivity contribution in [3.63, 3.8) is 0 Å². The lowest BCUT2D eigenvalue weighted by Crippen LogP contribution is -2.31. The molecule has 0 bridgehead atoms. The summed E-state index contributed by atoms with van der Waals surface area (Å²) >= 11 is 0. The first-order chi connectivity index (χ1) is 14.5. The largest absolute Gasteiger partial charge is 0.507 e. The smallest absolute Gasteiger partial charge is 0.333 e. The van der Waals surface area contributed by atoms with Gasteiger partial charge in [-0.3, -0.25) is 9.59 Å². The average Bonchev–Trinajstić information content (AvgIpc) is 3.06. The van der Waals surface area contributed by atoms with Gasteiger partial charge in [0.25, 0.3) is 11.8 Å². The standard InChI is InChI=1S/C24H19NO5/c26-19-11-8-16-6-9-17-14(4-5-15-7-10-18(19)24(16)23(15)17)2-1-3-22(29)30-25-20(27)12-13-21(25)28/h4-11,26H,1-3,12-13H2. The third-order valence-corrected chi connectivity index (χ3v) is 5.76. The van der Waals surface area contributed by atoms with Crippen molar-refractivity contribution in [2.45, 2.75) is 32.1 Å². The number of carbonyl (C=O) groups is 3. The minimum absolute atomic E-state index is 0.0877. The first kappa shape index (κ1) is 18.4. The summed E-state index contributed by atoms with van der Waals surface area (Å²) in [6, 6.07) is 15.8. The third-order valence-electron chi connectivity index (χ3n) is 5.76. The van der Waals surface area contributed by atoms with Gasteiger partial charge in [0.1, 0.15) is 5.75 Å². The summed E-state index contributed by atoms with van der Waals surface area (Å²) in [5, 5.41) is 17.1. The summed E-state index contributed by atoms with van der Waals surface area (Å²) in [5.74, 6) is -1.26. The van der Waals surface area contributed by atoms with E-state index in [1.165, 1.54) is 0 Å². The Morgan fingerprint density at radius 2 is 1.47 bits per heavy atom. The Labute approximate surface area is 171 Å². The number of hydrogen-bond donors (Lipinski definition) is 1. The molecule has 0 unspecified atom stereocenters. The van der Waals surface area contributed by atoms with Crippen molar-refractivity contribution >= 4 is 50.1 Å². The Morgan fingerprint density at radius 3 is 2.20 bits per heavy atom. The highest BCUT2D eigenvalue weighted by Gasteiger charge is 2.32. The number of amides is 2. The monoisotopic (exact) mass is 401 g/mol. The van der Waals surface area contributed by atoms with Gasteiger partial charge in [-0.05, 0) is 46.0 Å². The maximum Gasteiger partial charge on any atom is 0.333 e. The zero-order valence-electron chi connectivity index (χ0n) is 16.2. The number of imide groups is 1. The predicted molar refractivity (Wildman–Crippen MR) is 112 cm³/mol. The molecule has 0 radical (unpaired) electrons. The third kappa shape index (κ3) is 2.92. The van der Waals surface area contributed by atoms with E-state index in [0.717, 1.165) is 37.9 Å². The van der Waals surface area contributed by atoms with Gasteiger partial charge in [-0.25, -0.2) is 4.79 Å². The van der Waals surface area contributed by atoms with Crippen LogP contribution in [0.15, 0.2) is 48.5 Å². The number of rotatable bonds is 5. The SMILES string of the molecule is O=C(CCCc1ccc2ccc3c(O)ccc4ccc1c2c43)ON1C(=O)CCC1=O. The van der Waals surface area contributed by atoms with Crippen LogP contribution in [0.2, 0.25) is 0 Å². The molecule has 0 spiro atoms. The highest BCUT2D eigenvalue weighted by molar-refractivity contribution is 6.24. The molecule has 4 aromatic carbocycles. The molecule has 1 aliphatic heterocycles. The molecule has 30 heavy (non-hydrogen) atoms. The molecule has 1 aliphatic rings. The van der Waals surface area contributed by atoms with E-state index in [0.29, 0.717) is 17.9 Å². The summed E-state index contributed by atoms with van der Waals surface area (Å²) in [6.07, 6.45) is 1.47. The van der Waals surface area contributed by atoms with Crippen molar-refractivity contribution in [2.75, 3.05) is 0 Å². The number of phenols is 1. The molecular weight excluding hydrogens is 382 g/mol. The number of benzene rings is 4. The van der Waals surface area contributed by atoms with Crippen molar-refractivity contribution < 1.29 is 24.3 Å². The van der Waals surface area contributed by atoms with Gasteiger partial charge in [0.15, 0.2) is 0 Å². The Morgan fingerprint density at radius 1 is 0.867 bits per heavy atom. The van der Waals surface area contributed by atoms with Crippen LogP contribution >= 0.6 is 0 Å². The fourth-order valence-corrected chi connectivity index (χ4v) is 4.29. The summed E-state index contributed by atoms with van der Waals surface area (Å²) in [7, 11) is 0. The lowest BCUT2D eigenvalue weighted by Gasteiger charge is -2.15. The molecule has 6 nitrogen and oxygen atoms in total.